The van der Waals surface area contributed by atoms with Gasteiger partial charge in [0, 0.05) is 19.3 Å². The van der Waals surface area contributed by atoms with Crippen molar-refractivity contribution in [3.8, 4) is 0 Å². The number of carbonyl (C=O) groups is 3. The average molecular weight is 885 g/mol. The van der Waals surface area contributed by atoms with E-state index in [1.54, 1.807) is 0 Å². The standard InChI is InChI=1S/C58H92O6/c1-4-7-10-13-16-19-22-25-27-28-29-31-33-36-39-42-45-48-51-57(60)63-54-55(53-62-56(59)50-47-44-41-38-35-32-24-21-18-15-12-9-6-3)64-58(61)52-49-46-43-40-37-34-30-26-23-20-17-14-11-8-5-2/h9-10,12-13,15-29,31,55H,4-8,11,14,30,32-54H2,1-3H3/b12-9+,13-10+,18-15+,19-16+,20-17+,24-21+,25-22+,26-23+,28-27+,31-29+. The van der Waals surface area contributed by atoms with Gasteiger partial charge in [-0.15, -0.1) is 0 Å². The predicted molar refractivity (Wildman–Crippen MR) is 274 cm³/mol. The zero-order valence-corrected chi connectivity index (χ0v) is 41.0. The maximum Gasteiger partial charge on any atom is 0.306 e. The average Bonchev–Trinajstić information content (AvgIpc) is 3.29. The maximum atomic E-state index is 12.8. The maximum absolute atomic E-state index is 12.8. The number of hydrogen-bond acceptors (Lipinski definition) is 6. The lowest BCUT2D eigenvalue weighted by Crippen LogP contribution is -2.30. The van der Waals surface area contributed by atoms with Crippen molar-refractivity contribution in [2.75, 3.05) is 13.2 Å². The summed E-state index contributed by atoms with van der Waals surface area (Å²) < 4.78 is 16.8. The molecular weight excluding hydrogens is 793 g/mol. The Balaban J connectivity index is 4.51. The third-order valence-corrected chi connectivity index (χ3v) is 10.4. The van der Waals surface area contributed by atoms with Crippen LogP contribution in [0.4, 0.5) is 0 Å². The van der Waals surface area contributed by atoms with Crippen molar-refractivity contribution in [1.82, 2.24) is 0 Å². The second-order valence-corrected chi connectivity index (χ2v) is 16.6. The van der Waals surface area contributed by atoms with Crippen LogP contribution in [0.5, 0.6) is 0 Å². The molecule has 0 saturated heterocycles. The molecule has 0 rings (SSSR count). The van der Waals surface area contributed by atoms with Crippen LogP contribution < -0.4 is 0 Å². The summed E-state index contributed by atoms with van der Waals surface area (Å²) in [4.78, 5) is 38.0. The lowest BCUT2D eigenvalue weighted by Gasteiger charge is -2.18. The zero-order valence-electron chi connectivity index (χ0n) is 41.0. The van der Waals surface area contributed by atoms with E-state index >= 15 is 0 Å². The molecule has 0 aromatic rings. The van der Waals surface area contributed by atoms with Crippen molar-refractivity contribution < 1.29 is 28.6 Å². The normalized spacial score (nSPS) is 13.1. The van der Waals surface area contributed by atoms with Crippen LogP contribution in [0.2, 0.25) is 0 Å². The van der Waals surface area contributed by atoms with Crippen LogP contribution in [-0.2, 0) is 28.6 Å². The molecule has 360 valence electrons. The number of unbranched alkanes of at least 4 members (excludes halogenated alkanes) is 20. The summed E-state index contributed by atoms with van der Waals surface area (Å²) in [6.07, 6.45) is 70.2. The van der Waals surface area contributed by atoms with Crippen LogP contribution >= 0.6 is 0 Å². The van der Waals surface area contributed by atoms with E-state index in [4.69, 9.17) is 14.2 Å². The highest BCUT2D eigenvalue weighted by atomic mass is 16.6. The first-order valence-electron chi connectivity index (χ1n) is 25.7. The van der Waals surface area contributed by atoms with E-state index in [9.17, 15) is 14.4 Å². The van der Waals surface area contributed by atoms with E-state index in [2.05, 4.69) is 106 Å². The highest BCUT2D eigenvalue weighted by Gasteiger charge is 2.19. The summed E-state index contributed by atoms with van der Waals surface area (Å²) in [6, 6.07) is 0. The Morgan fingerprint density at radius 3 is 1.03 bits per heavy atom. The second kappa shape index (κ2) is 51.4. The highest BCUT2D eigenvalue weighted by Crippen LogP contribution is 2.13. The van der Waals surface area contributed by atoms with Crippen LogP contribution in [-0.4, -0.2) is 37.2 Å². The first-order valence-corrected chi connectivity index (χ1v) is 25.7. The monoisotopic (exact) mass is 885 g/mol. The van der Waals surface area contributed by atoms with E-state index < -0.39 is 6.10 Å². The molecule has 0 amide bonds. The molecule has 0 aromatic heterocycles. The molecule has 6 heteroatoms. The van der Waals surface area contributed by atoms with Crippen LogP contribution in [0, 0.1) is 0 Å². The van der Waals surface area contributed by atoms with Gasteiger partial charge in [-0.25, -0.2) is 0 Å². The summed E-state index contributed by atoms with van der Waals surface area (Å²) in [6.45, 7) is 6.32. The largest absolute Gasteiger partial charge is 0.462 e. The molecule has 0 fully saturated rings. The summed E-state index contributed by atoms with van der Waals surface area (Å²) in [5.41, 5.74) is 0. The topological polar surface area (TPSA) is 78.9 Å². The first-order chi connectivity index (χ1) is 31.5. The third kappa shape index (κ3) is 48.8. The third-order valence-electron chi connectivity index (χ3n) is 10.4. The molecule has 1 atom stereocenters. The van der Waals surface area contributed by atoms with E-state index in [1.165, 1.54) is 38.5 Å². The van der Waals surface area contributed by atoms with Gasteiger partial charge in [-0.05, 0) is 83.5 Å². The molecule has 6 nitrogen and oxygen atoms in total. The van der Waals surface area contributed by atoms with Gasteiger partial charge in [0.15, 0.2) is 6.10 Å². The Labute approximate surface area is 392 Å². The van der Waals surface area contributed by atoms with Gasteiger partial charge in [-0.2, -0.15) is 0 Å². The predicted octanol–water partition coefficient (Wildman–Crippen LogP) is 16.9. The van der Waals surface area contributed by atoms with Gasteiger partial charge >= 0.3 is 17.9 Å². The number of esters is 3. The van der Waals surface area contributed by atoms with Gasteiger partial charge in [-0.1, -0.05) is 226 Å². The van der Waals surface area contributed by atoms with Gasteiger partial charge < -0.3 is 14.2 Å². The van der Waals surface area contributed by atoms with Gasteiger partial charge in [0.05, 0.1) is 0 Å². The van der Waals surface area contributed by atoms with Crippen molar-refractivity contribution in [1.29, 1.82) is 0 Å². The van der Waals surface area contributed by atoms with Crippen LogP contribution in [0.3, 0.4) is 0 Å². The zero-order chi connectivity index (χ0) is 46.5. The molecule has 0 spiro atoms. The molecule has 0 saturated carbocycles. The second-order valence-electron chi connectivity index (χ2n) is 16.6. The molecule has 0 aliphatic carbocycles. The molecule has 1 unspecified atom stereocenters. The molecule has 0 aliphatic heterocycles. The van der Waals surface area contributed by atoms with Crippen LogP contribution in [0.25, 0.3) is 0 Å². The minimum atomic E-state index is -0.807. The Morgan fingerprint density at radius 2 is 0.641 bits per heavy atom. The lowest BCUT2D eigenvalue weighted by atomic mass is 10.1. The van der Waals surface area contributed by atoms with Gasteiger partial charge in [0.1, 0.15) is 13.2 Å². The van der Waals surface area contributed by atoms with E-state index in [0.29, 0.717) is 19.3 Å². The number of ether oxygens (including phenoxy) is 3. The number of allylic oxidation sites excluding steroid dienone is 20. The molecule has 64 heavy (non-hydrogen) atoms. The fourth-order valence-electron chi connectivity index (χ4n) is 6.52. The Hall–Kier alpha value is -4.19. The molecule has 0 bridgehead atoms. The van der Waals surface area contributed by atoms with Crippen molar-refractivity contribution in [2.24, 2.45) is 0 Å². The molecule has 0 N–H and O–H groups in total. The Kier molecular flexibility index (Phi) is 48.1. The molecule has 0 radical (unpaired) electrons. The van der Waals surface area contributed by atoms with Gasteiger partial charge in [0.2, 0.25) is 0 Å². The van der Waals surface area contributed by atoms with Crippen LogP contribution in [0.1, 0.15) is 207 Å². The van der Waals surface area contributed by atoms with Crippen molar-refractivity contribution >= 4 is 17.9 Å². The minimum absolute atomic E-state index is 0.106. The quantitative estimate of drug-likeness (QED) is 0.0262. The summed E-state index contributed by atoms with van der Waals surface area (Å²) in [5.74, 6) is -0.970. The van der Waals surface area contributed by atoms with Crippen LogP contribution in [0.15, 0.2) is 122 Å². The highest BCUT2D eigenvalue weighted by molar-refractivity contribution is 5.71. The van der Waals surface area contributed by atoms with Crippen molar-refractivity contribution in [2.45, 2.75) is 213 Å². The minimum Gasteiger partial charge on any atom is -0.462 e. The van der Waals surface area contributed by atoms with E-state index in [1.807, 2.05) is 36.5 Å². The Morgan fingerprint density at radius 1 is 0.328 bits per heavy atom. The summed E-state index contributed by atoms with van der Waals surface area (Å²) in [5, 5.41) is 0. The smallest absolute Gasteiger partial charge is 0.306 e. The summed E-state index contributed by atoms with van der Waals surface area (Å²) >= 11 is 0. The fraction of sp³-hybridized carbons (Fsp3) is 0.603. The molecular formula is C58H92O6. The van der Waals surface area contributed by atoms with E-state index in [0.717, 1.165) is 128 Å². The number of carbonyl (C=O) groups excluding carboxylic acids is 3. The van der Waals surface area contributed by atoms with E-state index in [-0.39, 0.29) is 31.1 Å². The molecule has 0 aliphatic rings. The molecule has 0 heterocycles. The summed E-state index contributed by atoms with van der Waals surface area (Å²) in [7, 11) is 0. The number of rotatable bonds is 44. The Bertz CT molecular complexity index is 1390. The molecule has 0 aromatic carbocycles. The van der Waals surface area contributed by atoms with Crippen molar-refractivity contribution in [3.05, 3.63) is 122 Å². The number of hydrogen-bond donors (Lipinski definition) is 0. The van der Waals surface area contributed by atoms with Crippen molar-refractivity contribution in [3.63, 3.8) is 0 Å². The SMILES string of the molecule is CC/C=C/C=C/C=C/CCCCCCCC(=O)OCC(COC(=O)CCCCCCC/C=C/C=C/C=C/C=C/C=C/CCC)OC(=O)CCCCCCCC/C=C/C=C/CCCCC. The lowest BCUT2D eigenvalue weighted by molar-refractivity contribution is -0.167. The van der Waals surface area contributed by atoms with Gasteiger partial charge in [0.25, 0.3) is 0 Å². The van der Waals surface area contributed by atoms with Gasteiger partial charge in [-0.3, -0.25) is 14.4 Å². The first kappa shape index (κ1) is 59.8. The fourth-order valence-corrected chi connectivity index (χ4v) is 6.52.